The first-order chi connectivity index (χ1) is 8.27. The monoisotopic (exact) mass is 239 g/mol. The summed E-state index contributed by atoms with van der Waals surface area (Å²) in [5.41, 5.74) is 0.771. The van der Waals surface area contributed by atoms with E-state index >= 15 is 0 Å². The van der Waals surface area contributed by atoms with Crippen LogP contribution in [0.15, 0.2) is 24.3 Å². The highest BCUT2D eigenvalue weighted by atomic mass is 19.1. The van der Waals surface area contributed by atoms with Crippen molar-refractivity contribution in [2.45, 2.75) is 19.8 Å². The SMILES string of the molecule is CCCNCC(COC)Cc1ccccc1F. The van der Waals surface area contributed by atoms with Gasteiger partial charge in [-0.1, -0.05) is 25.1 Å². The number of hydrogen-bond acceptors (Lipinski definition) is 2. The fourth-order valence-corrected chi connectivity index (χ4v) is 1.88. The summed E-state index contributed by atoms with van der Waals surface area (Å²) < 4.78 is 18.7. The topological polar surface area (TPSA) is 21.3 Å². The minimum absolute atomic E-state index is 0.121. The van der Waals surface area contributed by atoms with Gasteiger partial charge in [-0.2, -0.15) is 0 Å². The molecule has 0 bridgehead atoms. The van der Waals surface area contributed by atoms with Gasteiger partial charge >= 0.3 is 0 Å². The Morgan fingerprint density at radius 2 is 2.12 bits per heavy atom. The molecule has 1 N–H and O–H groups in total. The maximum atomic E-state index is 13.5. The van der Waals surface area contributed by atoms with Crippen molar-refractivity contribution in [3.63, 3.8) is 0 Å². The standard InChI is InChI=1S/C14H22FNO/c1-3-8-16-10-12(11-17-2)9-13-6-4-5-7-14(13)15/h4-7,12,16H,3,8-11H2,1-2H3. The largest absolute Gasteiger partial charge is 0.384 e. The van der Waals surface area contributed by atoms with E-state index < -0.39 is 0 Å². The first kappa shape index (κ1) is 14.1. The number of rotatable bonds is 8. The zero-order valence-electron chi connectivity index (χ0n) is 10.7. The summed E-state index contributed by atoms with van der Waals surface area (Å²) in [5, 5.41) is 3.36. The van der Waals surface area contributed by atoms with Crippen molar-refractivity contribution in [3.8, 4) is 0 Å². The highest BCUT2D eigenvalue weighted by Crippen LogP contribution is 2.12. The van der Waals surface area contributed by atoms with Crippen LogP contribution in [-0.2, 0) is 11.2 Å². The summed E-state index contributed by atoms with van der Waals surface area (Å²) in [7, 11) is 1.69. The van der Waals surface area contributed by atoms with E-state index in [0.29, 0.717) is 12.5 Å². The molecule has 0 aromatic heterocycles. The normalized spacial score (nSPS) is 12.6. The Morgan fingerprint density at radius 3 is 2.76 bits per heavy atom. The lowest BCUT2D eigenvalue weighted by Crippen LogP contribution is -2.28. The van der Waals surface area contributed by atoms with E-state index in [1.165, 1.54) is 6.07 Å². The minimum atomic E-state index is -0.121. The van der Waals surface area contributed by atoms with Crippen molar-refractivity contribution < 1.29 is 9.13 Å². The lowest BCUT2D eigenvalue weighted by atomic mass is 9.99. The summed E-state index contributed by atoms with van der Waals surface area (Å²) in [5.74, 6) is 0.201. The number of halogens is 1. The van der Waals surface area contributed by atoms with Gasteiger partial charge in [0.1, 0.15) is 5.82 Å². The van der Waals surface area contributed by atoms with E-state index in [1.807, 2.05) is 12.1 Å². The quantitative estimate of drug-likeness (QED) is 0.704. The third-order valence-electron chi connectivity index (χ3n) is 2.73. The van der Waals surface area contributed by atoms with E-state index in [0.717, 1.165) is 31.5 Å². The lowest BCUT2D eigenvalue weighted by Gasteiger charge is -2.17. The molecule has 0 saturated heterocycles. The Hall–Kier alpha value is -0.930. The molecule has 2 nitrogen and oxygen atoms in total. The van der Waals surface area contributed by atoms with E-state index in [9.17, 15) is 4.39 Å². The molecular formula is C14H22FNO. The third kappa shape index (κ3) is 5.29. The summed E-state index contributed by atoms with van der Waals surface area (Å²) in [6.45, 7) is 4.66. The molecule has 1 aromatic rings. The molecular weight excluding hydrogens is 217 g/mol. The molecule has 0 aliphatic carbocycles. The molecule has 17 heavy (non-hydrogen) atoms. The molecule has 3 heteroatoms. The van der Waals surface area contributed by atoms with Crippen LogP contribution in [0, 0.1) is 11.7 Å². The van der Waals surface area contributed by atoms with Gasteiger partial charge in [0.05, 0.1) is 6.61 Å². The van der Waals surface area contributed by atoms with Gasteiger partial charge in [0.25, 0.3) is 0 Å². The third-order valence-corrected chi connectivity index (χ3v) is 2.73. The summed E-state index contributed by atoms with van der Waals surface area (Å²) >= 11 is 0. The molecule has 96 valence electrons. The van der Waals surface area contributed by atoms with Crippen LogP contribution < -0.4 is 5.32 Å². The molecule has 1 rings (SSSR count). The van der Waals surface area contributed by atoms with E-state index in [1.54, 1.807) is 13.2 Å². The maximum Gasteiger partial charge on any atom is 0.126 e. The minimum Gasteiger partial charge on any atom is -0.384 e. The smallest absolute Gasteiger partial charge is 0.126 e. The van der Waals surface area contributed by atoms with Crippen LogP contribution in [0.3, 0.4) is 0 Å². The van der Waals surface area contributed by atoms with Gasteiger partial charge in [-0.25, -0.2) is 4.39 Å². The average molecular weight is 239 g/mol. The molecule has 0 heterocycles. The van der Waals surface area contributed by atoms with E-state index in [-0.39, 0.29) is 5.82 Å². The first-order valence-electron chi connectivity index (χ1n) is 6.21. The Kier molecular flexibility index (Phi) is 6.82. The van der Waals surface area contributed by atoms with E-state index in [4.69, 9.17) is 4.74 Å². The second kappa shape index (κ2) is 8.20. The molecule has 1 unspecified atom stereocenters. The molecule has 0 spiro atoms. The molecule has 1 atom stereocenters. The summed E-state index contributed by atoms with van der Waals surface area (Å²) in [6, 6.07) is 6.96. The molecule has 0 fully saturated rings. The predicted molar refractivity (Wildman–Crippen MR) is 68.6 cm³/mol. The number of hydrogen-bond donors (Lipinski definition) is 1. The molecule has 0 saturated carbocycles. The number of ether oxygens (including phenoxy) is 1. The number of methoxy groups -OCH3 is 1. The summed E-state index contributed by atoms with van der Waals surface area (Å²) in [6.07, 6.45) is 1.83. The van der Waals surface area contributed by atoms with Crippen LogP contribution in [0.4, 0.5) is 4.39 Å². The van der Waals surface area contributed by atoms with Gasteiger partial charge in [-0.05, 0) is 36.9 Å². The van der Waals surface area contributed by atoms with Gasteiger partial charge in [0, 0.05) is 13.7 Å². The van der Waals surface area contributed by atoms with E-state index in [2.05, 4.69) is 12.2 Å². The average Bonchev–Trinajstić information content (AvgIpc) is 2.32. The van der Waals surface area contributed by atoms with Gasteiger partial charge in [0.15, 0.2) is 0 Å². The van der Waals surface area contributed by atoms with Crippen molar-refractivity contribution in [1.82, 2.24) is 5.32 Å². The second-order valence-electron chi connectivity index (χ2n) is 4.32. The van der Waals surface area contributed by atoms with Crippen molar-refractivity contribution in [3.05, 3.63) is 35.6 Å². The first-order valence-corrected chi connectivity index (χ1v) is 6.21. The number of nitrogens with one attached hydrogen (secondary N) is 1. The summed E-state index contributed by atoms with van der Waals surface area (Å²) in [4.78, 5) is 0. The maximum absolute atomic E-state index is 13.5. The van der Waals surface area contributed by atoms with Crippen LogP contribution in [0.1, 0.15) is 18.9 Å². The molecule has 0 aliphatic rings. The highest BCUT2D eigenvalue weighted by molar-refractivity contribution is 5.17. The predicted octanol–water partition coefficient (Wildman–Crippen LogP) is 2.63. The molecule has 0 radical (unpaired) electrons. The van der Waals surface area contributed by atoms with Gasteiger partial charge in [0.2, 0.25) is 0 Å². The number of benzene rings is 1. The van der Waals surface area contributed by atoms with Crippen molar-refractivity contribution in [1.29, 1.82) is 0 Å². The Labute approximate surface area is 103 Å². The fraction of sp³-hybridized carbons (Fsp3) is 0.571. The Morgan fingerprint density at radius 1 is 1.35 bits per heavy atom. The van der Waals surface area contributed by atoms with Crippen LogP contribution >= 0.6 is 0 Å². The van der Waals surface area contributed by atoms with Gasteiger partial charge < -0.3 is 10.1 Å². The van der Waals surface area contributed by atoms with Crippen molar-refractivity contribution in [2.75, 3.05) is 26.8 Å². The van der Waals surface area contributed by atoms with Crippen molar-refractivity contribution >= 4 is 0 Å². The molecule has 1 aromatic carbocycles. The van der Waals surface area contributed by atoms with Crippen LogP contribution in [0.2, 0.25) is 0 Å². The van der Waals surface area contributed by atoms with Crippen LogP contribution in [-0.4, -0.2) is 26.8 Å². The zero-order chi connectivity index (χ0) is 12.5. The second-order valence-corrected chi connectivity index (χ2v) is 4.32. The van der Waals surface area contributed by atoms with Gasteiger partial charge in [-0.3, -0.25) is 0 Å². The Balaban J connectivity index is 2.50. The van der Waals surface area contributed by atoms with Crippen molar-refractivity contribution in [2.24, 2.45) is 5.92 Å². The molecule has 0 aliphatic heterocycles. The van der Waals surface area contributed by atoms with Gasteiger partial charge in [-0.15, -0.1) is 0 Å². The Bertz CT molecular complexity index is 317. The fourth-order valence-electron chi connectivity index (χ4n) is 1.88. The highest BCUT2D eigenvalue weighted by Gasteiger charge is 2.11. The van der Waals surface area contributed by atoms with Crippen LogP contribution in [0.5, 0.6) is 0 Å². The van der Waals surface area contributed by atoms with Crippen LogP contribution in [0.25, 0.3) is 0 Å². The lowest BCUT2D eigenvalue weighted by molar-refractivity contribution is 0.150. The zero-order valence-corrected chi connectivity index (χ0v) is 10.7. The molecule has 0 amide bonds.